The second-order valence-electron chi connectivity index (χ2n) is 6.04. The van der Waals surface area contributed by atoms with Crippen molar-refractivity contribution >= 4 is 46.0 Å². The van der Waals surface area contributed by atoms with E-state index in [-0.39, 0.29) is 18.2 Å². The van der Waals surface area contributed by atoms with Gasteiger partial charge in [-0.1, -0.05) is 30.3 Å². The minimum atomic E-state index is -0.529. The molecule has 0 saturated carbocycles. The molecule has 0 saturated heterocycles. The predicted molar refractivity (Wildman–Crippen MR) is 114 cm³/mol. The average Bonchev–Trinajstić information content (AvgIpc) is 3.14. The largest absolute Gasteiger partial charge is 0.366 e. The molecule has 1 aromatic heterocycles. The molecular formula is C21H18N4O3S. The summed E-state index contributed by atoms with van der Waals surface area (Å²) in [6.45, 7) is 0. The van der Waals surface area contributed by atoms with E-state index in [2.05, 4.69) is 15.6 Å². The monoisotopic (exact) mass is 406 g/mol. The van der Waals surface area contributed by atoms with Crippen LogP contribution < -0.4 is 16.4 Å². The van der Waals surface area contributed by atoms with Crippen molar-refractivity contribution in [3.8, 4) is 0 Å². The van der Waals surface area contributed by atoms with E-state index in [0.29, 0.717) is 22.1 Å². The number of hydrogen-bond donors (Lipinski definition) is 3. The van der Waals surface area contributed by atoms with Crippen LogP contribution in [0.5, 0.6) is 0 Å². The van der Waals surface area contributed by atoms with E-state index >= 15 is 0 Å². The number of carbonyl (C=O) groups is 3. The smallest absolute Gasteiger partial charge is 0.250 e. The molecule has 0 radical (unpaired) electrons. The maximum Gasteiger partial charge on any atom is 0.250 e. The number of rotatable bonds is 7. The summed E-state index contributed by atoms with van der Waals surface area (Å²) in [6.07, 6.45) is 3.20. The van der Waals surface area contributed by atoms with Crippen LogP contribution in [-0.4, -0.2) is 22.7 Å². The lowest BCUT2D eigenvalue weighted by Gasteiger charge is -2.04. The molecule has 0 unspecified atom stereocenters. The van der Waals surface area contributed by atoms with Gasteiger partial charge in [-0.15, -0.1) is 11.3 Å². The van der Waals surface area contributed by atoms with Crippen molar-refractivity contribution < 1.29 is 14.4 Å². The number of nitrogens with zero attached hydrogens (tertiary/aromatic N) is 1. The molecule has 0 spiro atoms. The first-order valence-corrected chi connectivity index (χ1v) is 9.56. The van der Waals surface area contributed by atoms with E-state index in [1.807, 2.05) is 30.3 Å². The summed E-state index contributed by atoms with van der Waals surface area (Å²) in [7, 11) is 0. The van der Waals surface area contributed by atoms with Gasteiger partial charge in [-0.05, 0) is 35.9 Å². The summed E-state index contributed by atoms with van der Waals surface area (Å²) in [5.41, 5.74) is 7.57. The summed E-state index contributed by atoms with van der Waals surface area (Å²) in [6, 6.07) is 15.8. The third-order valence-electron chi connectivity index (χ3n) is 3.80. The molecule has 29 heavy (non-hydrogen) atoms. The molecular weight excluding hydrogens is 388 g/mol. The van der Waals surface area contributed by atoms with E-state index in [1.54, 1.807) is 23.6 Å². The molecule has 3 aromatic rings. The van der Waals surface area contributed by atoms with Gasteiger partial charge in [0, 0.05) is 22.7 Å². The van der Waals surface area contributed by atoms with E-state index in [1.165, 1.54) is 29.5 Å². The number of primary amides is 1. The number of thiazole rings is 1. The maximum absolute atomic E-state index is 12.2. The number of anilines is 2. The Kier molecular flexibility index (Phi) is 6.49. The van der Waals surface area contributed by atoms with Crippen molar-refractivity contribution in [1.82, 2.24) is 4.98 Å². The Morgan fingerprint density at radius 1 is 1.00 bits per heavy atom. The molecule has 7 nitrogen and oxygen atoms in total. The van der Waals surface area contributed by atoms with Crippen LogP contribution in [-0.2, 0) is 16.0 Å². The molecule has 0 aliphatic carbocycles. The van der Waals surface area contributed by atoms with Crippen LogP contribution in [0.3, 0.4) is 0 Å². The van der Waals surface area contributed by atoms with Gasteiger partial charge in [0.15, 0.2) is 5.13 Å². The van der Waals surface area contributed by atoms with Crippen LogP contribution in [0.4, 0.5) is 10.8 Å². The molecule has 0 fully saturated rings. The Balaban J connectivity index is 1.51. The summed E-state index contributed by atoms with van der Waals surface area (Å²) < 4.78 is 0. The summed E-state index contributed by atoms with van der Waals surface area (Å²) >= 11 is 1.24. The van der Waals surface area contributed by atoms with E-state index in [9.17, 15) is 14.4 Å². The van der Waals surface area contributed by atoms with Gasteiger partial charge in [0.05, 0.1) is 12.1 Å². The van der Waals surface area contributed by atoms with Crippen molar-refractivity contribution in [2.45, 2.75) is 6.42 Å². The molecule has 1 heterocycles. The summed E-state index contributed by atoms with van der Waals surface area (Å²) in [5, 5.41) is 7.53. The number of carbonyl (C=O) groups excluding carboxylic acids is 3. The van der Waals surface area contributed by atoms with Crippen molar-refractivity contribution in [1.29, 1.82) is 0 Å². The fourth-order valence-corrected chi connectivity index (χ4v) is 3.13. The molecule has 0 aliphatic heterocycles. The minimum absolute atomic E-state index is 0.0593. The second-order valence-corrected chi connectivity index (χ2v) is 6.90. The third-order valence-corrected chi connectivity index (χ3v) is 4.61. The van der Waals surface area contributed by atoms with Crippen LogP contribution in [0.2, 0.25) is 0 Å². The Hall–Kier alpha value is -3.78. The van der Waals surface area contributed by atoms with E-state index < -0.39 is 5.91 Å². The molecule has 146 valence electrons. The first-order chi connectivity index (χ1) is 14.0. The summed E-state index contributed by atoms with van der Waals surface area (Å²) in [4.78, 5) is 39.5. The standard InChI is InChI=1S/C21H18N4O3S/c22-20(28)15-7-9-16(10-8-15)23-19(27)12-17-13-29-21(24-17)25-18(26)11-6-14-4-2-1-3-5-14/h1-11,13H,12H2,(H2,22,28)(H,23,27)(H,24,25,26)/b11-6+. The Labute approximate surface area is 171 Å². The predicted octanol–water partition coefficient (Wildman–Crippen LogP) is 3.08. The minimum Gasteiger partial charge on any atom is -0.366 e. The van der Waals surface area contributed by atoms with Gasteiger partial charge < -0.3 is 11.1 Å². The molecule has 8 heteroatoms. The topological polar surface area (TPSA) is 114 Å². The highest BCUT2D eigenvalue weighted by atomic mass is 32.1. The SMILES string of the molecule is NC(=O)c1ccc(NC(=O)Cc2csc(NC(=O)/C=C/c3ccccc3)n2)cc1. The maximum atomic E-state index is 12.2. The normalized spacial score (nSPS) is 10.6. The number of hydrogen-bond acceptors (Lipinski definition) is 5. The average molecular weight is 406 g/mol. The van der Waals surface area contributed by atoms with Crippen molar-refractivity contribution in [2.75, 3.05) is 10.6 Å². The number of nitrogens with one attached hydrogen (secondary N) is 2. The quantitative estimate of drug-likeness (QED) is 0.523. The van der Waals surface area contributed by atoms with Crippen LogP contribution >= 0.6 is 11.3 Å². The fourth-order valence-electron chi connectivity index (χ4n) is 2.42. The highest BCUT2D eigenvalue weighted by Gasteiger charge is 2.10. The molecule has 2 aromatic carbocycles. The first-order valence-electron chi connectivity index (χ1n) is 8.68. The first kappa shape index (κ1) is 20.0. The summed E-state index contributed by atoms with van der Waals surface area (Å²) in [5.74, 6) is -1.09. The highest BCUT2D eigenvalue weighted by molar-refractivity contribution is 7.14. The van der Waals surface area contributed by atoms with Crippen LogP contribution in [0.25, 0.3) is 6.08 Å². The fraction of sp³-hybridized carbons (Fsp3) is 0.0476. The Morgan fingerprint density at radius 2 is 1.72 bits per heavy atom. The number of aromatic nitrogens is 1. The van der Waals surface area contributed by atoms with Crippen molar-refractivity contribution in [2.24, 2.45) is 5.73 Å². The van der Waals surface area contributed by atoms with Crippen LogP contribution in [0.1, 0.15) is 21.6 Å². The van der Waals surface area contributed by atoms with Gasteiger partial charge >= 0.3 is 0 Å². The van der Waals surface area contributed by atoms with Gasteiger partial charge in [0.2, 0.25) is 17.7 Å². The molecule has 0 aliphatic rings. The zero-order valence-corrected chi connectivity index (χ0v) is 16.1. The number of nitrogens with two attached hydrogens (primary N) is 1. The van der Waals surface area contributed by atoms with Gasteiger partial charge in [-0.2, -0.15) is 0 Å². The number of benzene rings is 2. The van der Waals surface area contributed by atoms with Crippen molar-refractivity contribution in [3.05, 3.63) is 82.9 Å². The number of amides is 3. The van der Waals surface area contributed by atoms with Crippen LogP contribution in [0.15, 0.2) is 66.1 Å². The van der Waals surface area contributed by atoms with E-state index in [0.717, 1.165) is 5.56 Å². The second kappa shape index (κ2) is 9.43. The Bertz CT molecular complexity index is 1040. The Morgan fingerprint density at radius 3 is 2.41 bits per heavy atom. The van der Waals surface area contributed by atoms with Gasteiger partial charge in [0.1, 0.15) is 0 Å². The third kappa shape index (κ3) is 6.12. The van der Waals surface area contributed by atoms with Crippen molar-refractivity contribution in [3.63, 3.8) is 0 Å². The molecule has 3 rings (SSSR count). The molecule has 3 amide bonds. The zero-order chi connectivity index (χ0) is 20.6. The lowest BCUT2D eigenvalue weighted by atomic mass is 10.2. The van der Waals surface area contributed by atoms with Gasteiger partial charge in [-0.25, -0.2) is 4.98 Å². The van der Waals surface area contributed by atoms with Crippen LogP contribution in [0, 0.1) is 0 Å². The lowest BCUT2D eigenvalue weighted by Crippen LogP contribution is -2.15. The van der Waals surface area contributed by atoms with Gasteiger partial charge in [-0.3, -0.25) is 19.7 Å². The van der Waals surface area contributed by atoms with Gasteiger partial charge in [0.25, 0.3) is 0 Å². The zero-order valence-electron chi connectivity index (χ0n) is 15.3. The molecule has 4 N–H and O–H groups in total. The lowest BCUT2D eigenvalue weighted by molar-refractivity contribution is -0.115. The highest BCUT2D eigenvalue weighted by Crippen LogP contribution is 2.17. The molecule has 0 atom stereocenters. The molecule has 0 bridgehead atoms. The van der Waals surface area contributed by atoms with E-state index in [4.69, 9.17) is 5.73 Å².